The van der Waals surface area contributed by atoms with Crippen molar-refractivity contribution in [3.8, 4) is 79.9 Å². The summed E-state index contributed by atoms with van der Waals surface area (Å²) in [4.78, 5) is 112. The number of urea groups is 1. The molecular formula is C108H105N25O8. The van der Waals surface area contributed by atoms with Crippen LogP contribution in [-0.2, 0) is 23.9 Å². The number of methoxy groups -OCH3 is 1. The fourth-order valence-electron chi connectivity index (χ4n) is 17.7. The number of amides is 6. The van der Waals surface area contributed by atoms with Gasteiger partial charge in [0.1, 0.15) is 69.7 Å². The van der Waals surface area contributed by atoms with E-state index in [1.54, 1.807) is 69.5 Å². The third kappa shape index (κ3) is 22.1. The smallest absolute Gasteiger partial charge is 0.320 e. The summed E-state index contributed by atoms with van der Waals surface area (Å²) in [6, 6.07) is 66.0. The molecule has 5 aromatic carbocycles. The molecule has 0 radical (unpaired) electrons. The highest BCUT2D eigenvalue weighted by molar-refractivity contribution is 6.04. The van der Waals surface area contributed by atoms with E-state index >= 15 is 0 Å². The highest BCUT2D eigenvalue weighted by atomic mass is 16.5. The number of benzene rings is 5. The van der Waals surface area contributed by atoms with Crippen LogP contribution >= 0.6 is 0 Å². The zero-order valence-corrected chi connectivity index (χ0v) is 78.8. The predicted molar refractivity (Wildman–Crippen MR) is 549 cm³/mol. The van der Waals surface area contributed by atoms with E-state index in [4.69, 9.17) is 53.4 Å². The van der Waals surface area contributed by atoms with Crippen molar-refractivity contribution in [2.24, 2.45) is 40.9 Å². The molecule has 16 N–H and O–H groups in total. The number of nitrogen functional groups attached to an aromatic ring is 5. The molecule has 8 atom stereocenters. The Labute approximate surface area is 813 Å². The van der Waals surface area contributed by atoms with Crippen molar-refractivity contribution in [3.63, 3.8) is 0 Å². The van der Waals surface area contributed by atoms with E-state index in [0.717, 1.165) is 167 Å². The first-order valence-corrected chi connectivity index (χ1v) is 46.4. The van der Waals surface area contributed by atoms with E-state index in [1.165, 1.54) is 0 Å². The SMILES string of the molecule is CCOc1ccccc1-c1cc2cc(NC(=O)[C@@H]3C[C@H]3C#N)ncc2c(N)n1.CCOc1ccccc1-c1cc2cc(NC(=O)[C@H]3C[C@@H]3C#N)ncc2c(N)n1.CNC(=O)Nc1cc2cc(-c3ccccc3C)nc(N)c2cn1.COCCN1CC[C@@]2(C[C@H]2C(=O)Nc2cc3cc(-c4ccccc4C)nc(N)c3cn2)C1.Cc1ccccc1-c1cc2cc(NC(=O)[C@@H]3C[C@H]3c3cccnc3)ncc2c(N)n1. The monoisotopic (exact) mass is 1880 g/mol. The molecule has 0 bridgehead atoms. The average Bonchev–Trinajstić information content (AvgIpc) is 1.56. The third-order valence-corrected chi connectivity index (χ3v) is 25.8. The number of hydrogen-bond acceptors (Lipinski definition) is 27. The quantitative estimate of drug-likeness (QED) is 0.0300. The minimum absolute atomic E-state index is 0.0168. The Morgan fingerprint density at radius 1 is 0.433 bits per heavy atom. The zero-order valence-electron chi connectivity index (χ0n) is 78.8. The summed E-state index contributed by atoms with van der Waals surface area (Å²) in [5.74, 6) is 4.88. The van der Waals surface area contributed by atoms with Crippen LogP contribution in [0.15, 0.2) is 238 Å². The van der Waals surface area contributed by atoms with Crippen molar-refractivity contribution in [1.82, 2.24) is 65.0 Å². The molecule has 710 valence electrons. The number of ether oxygens (including phenoxy) is 3. The number of hydrogen-bond donors (Lipinski definition) is 11. The van der Waals surface area contributed by atoms with Gasteiger partial charge in [-0.3, -0.25) is 29.5 Å². The summed E-state index contributed by atoms with van der Waals surface area (Å²) < 4.78 is 16.6. The number of carbonyl (C=O) groups excluding carboxylic acids is 5. The average molecular weight is 1880 g/mol. The second kappa shape index (κ2) is 42.1. The lowest BCUT2D eigenvalue weighted by atomic mass is 10.0. The molecule has 6 amide bonds. The van der Waals surface area contributed by atoms with Crippen LogP contribution in [-0.4, -0.2) is 143 Å². The van der Waals surface area contributed by atoms with E-state index in [9.17, 15) is 24.0 Å². The van der Waals surface area contributed by atoms with Gasteiger partial charge in [0.05, 0.1) is 84.1 Å². The molecule has 33 heteroatoms. The Morgan fingerprint density at radius 2 is 0.780 bits per heavy atom. The van der Waals surface area contributed by atoms with Gasteiger partial charge in [-0.25, -0.2) is 54.6 Å². The highest BCUT2D eigenvalue weighted by Gasteiger charge is 2.60. The number of anilines is 10. The fraction of sp³-hybridized carbons (Fsp3) is 0.241. The number of nitrogens with one attached hydrogen (secondary N) is 6. The lowest BCUT2D eigenvalue weighted by molar-refractivity contribution is -0.118. The Bertz CT molecular complexity index is 7410. The topological polar surface area (TPSA) is 508 Å². The summed E-state index contributed by atoms with van der Waals surface area (Å²) in [6.45, 7) is 14.8. The number of nitrogens with two attached hydrogens (primary N) is 5. The first-order chi connectivity index (χ1) is 68.4. The van der Waals surface area contributed by atoms with Crippen LogP contribution in [0.4, 0.5) is 63.0 Å². The maximum absolute atomic E-state index is 13.0. The Morgan fingerprint density at radius 3 is 1.12 bits per heavy atom. The van der Waals surface area contributed by atoms with Crippen LogP contribution in [0.5, 0.6) is 11.5 Å². The molecule has 16 aromatic rings. The number of pyridine rings is 11. The number of aryl methyl sites for hydroxylation is 3. The summed E-state index contributed by atoms with van der Waals surface area (Å²) in [5, 5.41) is 42.5. The number of likely N-dealkylation sites (tertiary alicyclic amines) is 1. The van der Waals surface area contributed by atoms with Gasteiger partial charge in [0.2, 0.25) is 23.6 Å². The predicted octanol–water partition coefficient (Wildman–Crippen LogP) is 17.5. The number of fused-ring (bicyclic) bond motifs is 5. The Balaban J connectivity index is 0.000000122. The van der Waals surface area contributed by atoms with Gasteiger partial charge in [-0.2, -0.15) is 10.5 Å². The Hall–Kier alpha value is -17.3. The van der Waals surface area contributed by atoms with Gasteiger partial charge >= 0.3 is 6.03 Å². The lowest BCUT2D eigenvalue weighted by Gasteiger charge is -2.15. The van der Waals surface area contributed by atoms with Crippen molar-refractivity contribution in [1.29, 1.82) is 10.5 Å². The van der Waals surface area contributed by atoms with Crippen molar-refractivity contribution in [2.45, 2.75) is 72.6 Å². The molecule has 21 rings (SSSR count). The van der Waals surface area contributed by atoms with Crippen molar-refractivity contribution in [3.05, 3.63) is 260 Å². The molecule has 1 spiro atoms. The fourth-order valence-corrected chi connectivity index (χ4v) is 17.7. The van der Waals surface area contributed by atoms with Gasteiger partial charge in [-0.1, -0.05) is 103 Å². The number of carbonyl (C=O) groups is 5. The van der Waals surface area contributed by atoms with Crippen LogP contribution in [0.1, 0.15) is 74.1 Å². The van der Waals surface area contributed by atoms with Crippen LogP contribution in [0.25, 0.3) is 110 Å². The van der Waals surface area contributed by atoms with Gasteiger partial charge in [-0.15, -0.1) is 0 Å². The first-order valence-electron chi connectivity index (χ1n) is 46.4. The molecule has 12 heterocycles. The molecule has 4 saturated carbocycles. The maximum atomic E-state index is 13.0. The number of rotatable bonds is 22. The van der Waals surface area contributed by atoms with Gasteiger partial charge < -0.3 is 74.4 Å². The van der Waals surface area contributed by atoms with Gasteiger partial charge in [0.15, 0.2) is 0 Å². The van der Waals surface area contributed by atoms with Crippen molar-refractivity contribution >= 4 is 142 Å². The summed E-state index contributed by atoms with van der Waals surface area (Å²) in [7, 11) is 3.28. The van der Waals surface area contributed by atoms with Crippen molar-refractivity contribution < 1.29 is 38.2 Å². The van der Waals surface area contributed by atoms with E-state index in [-0.39, 0.29) is 76.5 Å². The van der Waals surface area contributed by atoms with Crippen LogP contribution in [0.2, 0.25) is 0 Å². The van der Waals surface area contributed by atoms with Gasteiger partial charge in [0, 0.05) is 137 Å². The molecule has 141 heavy (non-hydrogen) atoms. The minimum atomic E-state index is -0.321. The van der Waals surface area contributed by atoms with E-state index in [1.807, 2.05) is 204 Å². The van der Waals surface area contributed by atoms with Crippen LogP contribution in [0, 0.1) is 84.4 Å². The second-order valence-corrected chi connectivity index (χ2v) is 35.4. The Kier molecular flexibility index (Phi) is 28.5. The molecule has 11 aromatic heterocycles. The first kappa shape index (κ1) is 95.4. The minimum Gasteiger partial charge on any atom is -0.493 e. The van der Waals surface area contributed by atoms with Gasteiger partial charge in [0.25, 0.3) is 0 Å². The molecule has 4 aliphatic carbocycles. The standard InChI is InChI=1S/C25H29N5O2.C24H21N5O.2C21H19N5O2.C17H17N5O/c1-16-5-3-4-6-18(16)21-11-17-12-22(27-14-19(17)23(26)28-21)29-24(31)20-13-25(20)7-8-30(15-25)9-10-32-2;1-14-5-2-3-7-17(14)21-9-16-10-22(27-13-20(16)23(25)28-21)29-24(30)19-11-18(19)15-6-4-8-26-12-15;2*1-2-28-18-6-4-3-5-14(18)17-8-12-9-19(24-11-16(12)20(23)25-17)26-21(27)15-7-13(15)10-22;1-10-5-3-4-6-12(10)14-7-11-8-15(22-17(23)19-2)20-9-13(11)16(18)21-14/h3-6,11-12,14,20H,7-10,13,15H2,1-2H3,(H2,26,28)(H,27,29,31);2-10,12-13,18-19H,11H2,1H3,(H2,25,28)(H,27,29,30);2*3-6,8-9,11,13,15H,2,7H2,1H3,(H2,23,25)(H,24,26,27);3-9H,1-2H3,(H2,18,21)(H2,19,20,22,23)/t20-,25+;18-,19+;2*13-,15+;/m0010./s1. The summed E-state index contributed by atoms with van der Waals surface area (Å²) in [6.07, 6.45) is 15.8. The van der Waals surface area contributed by atoms with E-state index in [2.05, 4.69) is 117 Å². The summed E-state index contributed by atoms with van der Waals surface area (Å²) >= 11 is 0. The number of aromatic nitrogens is 11. The van der Waals surface area contributed by atoms with Gasteiger partial charge in [-0.05, 0) is 225 Å². The molecule has 1 aliphatic heterocycles. The van der Waals surface area contributed by atoms with Crippen LogP contribution in [0.3, 0.4) is 0 Å². The molecule has 0 unspecified atom stereocenters. The molecule has 5 fully saturated rings. The summed E-state index contributed by atoms with van der Waals surface area (Å²) in [5.41, 5.74) is 44.0. The molecule has 1 saturated heterocycles. The normalized spacial score (nSPS) is 17.6. The van der Waals surface area contributed by atoms with E-state index < -0.39 is 0 Å². The van der Waals surface area contributed by atoms with Crippen LogP contribution < -0.4 is 70.0 Å². The molecular weight excluding hydrogens is 1780 g/mol. The lowest BCUT2D eigenvalue weighted by Crippen LogP contribution is -2.26. The molecule has 33 nitrogen and oxygen atoms in total. The number of nitrogens with zero attached hydrogens (tertiary/aromatic N) is 14. The van der Waals surface area contributed by atoms with E-state index in [0.29, 0.717) is 106 Å². The number of para-hydroxylation sites is 2. The maximum Gasteiger partial charge on any atom is 0.320 e. The highest BCUT2D eigenvalue weighted by Crippen LogP contribution is 2.59. The number of nitriles is 2. The third-order valence-electron chi connectivity index (χ3n) is 25.8. The molecule has 5 aliphatic rings. The largest absolute Gasteiger partial charge is 0.493 e. The van der Waals surface area contributed by atoms with Crippen molar-refractivity contribution in [2.75, 3.05) is 109 Å². The zero-order chi connectivity index (χ0) is 98.7. The second-order valence-electron chi connectivity index (χ2n) is 35.4.